The number of benzene rings is 1. The Kier molecular flexibility index (Phi) is 5.00. The maximum atomic E-state index is 12.1. The van der Waals surface area contributed by atoms with Gasteiger partial charge in [-0.1, -0.05) is 36.3 Å². The fourth-order valence-electron chi connectivity index (χ4n) is 2.61. The van der Waals surface area contributed by atoms with Crippen molar-refractivity contribution in [1.29, 1.82) is 0 Å². The van der Waals surface area contributed by atoms with Gasteiger partial charge in [0.1, 0.15) is 0 Å². The number of rotatable bonds is 5. The highest BCUT2D eigenvalue weighted by atomic mass is 16.2. The van der Waals surface area contributed by atoms with E-state index in [9.17, 15) is 4.79 Å². The number of amides is 1. The van der Waals surface area contributed by atoms with Crippen molar-refractivity contribution < 1.29 is 4.79 Å². The highest BCUT2D eigenvalue weighted by molar-refractivity contribution is 5.79. The summed E-state index contributed by atoms with van der Waals surface area (Å²) in [7, 11) is 0. The third kappa shape index (κ3) is 3.84. The van der Waals surface area contributed by atoms with Gasteiger partial charge in [0, 0.05) is 12.6 Å². The lowest BCUT2D eigenvalue weighted by atomic mass is 10.0. The molecule has 0 spiro atoms. The summed E-state index contributed by atoms with van der Waals surface area (Å²) in [6.45, 7) is 1.66. The molecule has 1 heterocycles. The number of hydrogen-bond donors (Lipinski definition) is 1. The molecule has 1 aromatic carbocycles. The van der Waals surface area contributed by atoms with E-state index in [2.05, 4.69) is 23.4 Å². The molecule has 1 fully saturated rings. The predicted molar refractivity (Wildman–Crippen MR) is 76.6 cm³/mol. The zero-order valence-corrected chi connectivity index (χ0v) is 11.1. The molecule has 3 nitrogen and oxygen atoms in total. The molecule has 1 saturated heterocycles. The minimum atomic E-state index is 0.161. The number of nitrogens with one attached hydrogen (secondary N) is 1. The van der Waals surface area contributed by atoms with E-state index in [0.29, 0.717) is 19.1 Å². The second kappa shape index (κ2) is 6.96. The van der Waals surface area contributed by atoms with Gasteiger partial charge in [-0.25, -0.2) is 0 Å². The zero-order valence-electron chi connectivity index (χ0n) is 11.1. The molecule has 1 atom stereocenters. The quantitative estimate of drug-likeness (QED) is 0.639. The zero-order chi connectivity index (χ0) is 13.5. The Morgan fingerprint density at radius 2 is 2.21 bits per heavy atom. The van der Waals surface area contributed by atoms with Gasteiger partial charge in [0.25, 0.3) is 0 Å². The van der Waals surface area contributed by atoms with Crippen LogP contribution in [0.5, 0.6) is 0 Å². The third-order valence-corrected chi connectivity index (χ3v) is 3.51. The summed E-state index contributed by atoms with van der Waals surface area (Å²) in [5, 5.41) is 2.97. The highest BCUT2D eigenvalue weighted by Gasteiger charge is 2.28. The molecule has 1 aromatic rings. The lowest BCUT2D eigenvalue weighted by molar-refractivity contribution is -0.130. The van der Waals surface area contributed by atoms with Crippen LogP contribution in [0.1, 0.15) is 18.4 Å². The topological polar surface area (TPSA) is 32.3 Å². The number of carbonyl (C=O) groups is 1. The fraction of sp³-hybridized carbons (Fsp3) is 0.438. The Labute approximate surface area is 115 Å². The maximum absolute atomic E-state index is 12.1. The first kappa shape index (κ1) is 13.6. The van der Waals surface area contributed by atoms with Crippen molar-refractivity contribution in [3.8, 4) is 12.3 Å². The Bertz CT molecular complexity index is 450. The van der Waals surface area contributed by atoms with E-state index >= 15 is 0 Å². The molecule has 1 amide bonds. The van der Waals surface area contributed by atoms with Crippen molar-refractivity contribution in [1.82, 2.24) is 10.2 Å². The van der Waals surface area contributed by atoms with Crippen LogP contribution in [0.15, 0.2) is 30.3 Å². The third-order valence-electron chi connectivity index (χ3n) is 3.51. The predicted octanol–water partition coefficient (Wildman–Crippen LogP) is 1.44. The molecule has 1 aliphatic heterocycles. The van der Waals surface area contributed by atoms with E-state index in [1.54, 1.807) is 0 Å². The van der Waals surface area contributed by atoms with Crippen LogP contribution >= 0.6 is 0 Å². The Hall–Kier alpha value is -1.79. The average Bonchev–Trinajstić information content (AvgIpc) is 2.88. The minimum absolute atomic E-state index is 0.161. The van der Waals surface area contributed by atoms with Crippen LogP contribution in [0.25, 0.3) is 0 Å². The molecule has 0 bridgehead atoms. The molecular formula is C16H20N2O. The van der Waals surface area contributed by atoms with Crippen LogP contribution in [-0.2, 0) is 11.2 Å². The van der Waals surface area contributed by atoms with Crippen molar-refractivity contribution in [2.45, 2.75) is 25.3 Å². The summed E-state index contributed by atoms with van der Waals surface area (Å²) < 4.78 is 0. The maximum Gasteiger partial charge on any atom is 0.236 e. The van der Waals surface area contributed by atoms with Gasteiger partial charge in [0.2, 0.25) is 5.91 Å². The van der Waals surface area contributed by atoms with Crippen LogP contribution in [0.3, 0.4) is 0 Å². The standard InChI is InChI=1S/C16H20N2O/c1-2-10-17-13-16(19)18-11-6-9-15(18)12-14-7-4-3-5-8-14/h1,3-5,7-8,15,17H,6,9-13H2. The first-order valence-corrected chi connectivity index (χ1v) is 6.79. The first-order chi connectivity index (χ1) is 9.31. The molecule has 1 aliphatic rings. The van der Waals surface area contributed by atoms with E-state index in [0.717, 1.165) is 25.8 Å². The lowest BCUT2D eigenvalue weighted by Crippen LogP contribution is -2.42. The van der Waals surface area contributed by atoms with Crippen LogP contribution in [0.4, 0.5) is 0 Å². The van der Waals surface area contributed by atoms with Crippen molar-refractivity contribution in [2.75, 3.05) is 19.6 Å². The Morgan fingerprint density at radius 1 is 1.42 bits per heavy atom. The summed E-state index contributed by atoms with van der Waals surface area (Å²) in [5.74, 6) is 2.64. The number of nitrogens with zero attached hydrogens (tertiary/aromatic N) is 1. The van der Waals surface area contributed by atoms with Crippen LogP contribution in [0, 0.1) is 12.3 Å². The van der Waals surface area contributed by atoms with E-state index in [4.69, 9.17) is 6.42 Å². The highest BCUT2D eigenvalue weighted by Crippen LogP contribution is 2.21. The van der Waals surface area contributed by atoms with E-state index in [-0.39, 0.29) is 5.91 Å². The fourth-order valence-corrected chi connectivity index (χ4v) is 2.61. The molecule has 0 aliphatic carbocycles. The molecule has 1 N–H and O–H groups in total. The van der Waals surface area contributed by atoms with Gasteiger partial charge >= 0.3 is 0 Å². The van der Waals surface area contributed by atoms with E-state index < -0.39 is 0 Å². The smallest absolute Gasteiger partial charge is 0.236 e. The van der Waals surface area contributed by atoms with Crippen molar-refractivity contribution in [3.05, 3.63) is 35.9 Å². The molecule has 0 saturated carbocycles. The molecule has 2 rings (SSSR count). The normalized spacial score (nSPS) is 18.3. The van der Waals surface area contributed by atoms with Crippen LogP contribution in [-0.4, -0.2) is 36.5 Å². The number of carbonyl (C=O) groups excluding carboxylic acids is 1. The molecule has 1 unspecified atom stereocenters. The minimum Gasteiger partial charge on any atom is -0.338 e. The van der Waals surface area contributed by atoms with Crippen LogP contribution in [0.2, 0.25) is 0 Å². The number of likely N-dealkylation sites (tertiary alicyclic amines) is 1. The van der Waals surface area contributed by atoms with Gasteiger partial charge in [-0.15, -0.1) is 6.42 Å². The lowest BCUT2D eigenvalue weighted by Gasteiger charge is -2.25. The second-order valence-corrected chi connectivity index (χ2v) is 4.88. The summed E-state index contributed by atoms with van der Waals surface area (Å²) in [6, 6.07) is 10.7. The van der Waals surface area contributed by atoms with E-state index in [1.807, 2.05) is 23.1 Å². The van der Waals surface area contributed by atoms with Crippen LogP contribution < -0.4 is 5.32 Å². The SMILES string of the molecule is C#CCNCC(=O)N1CCCC1Cc1ccccc1. The average molecular weight is 256 g/mol. The number of hydrogen-bond acceptors (Lipinski definition) is 2. The monoisotopic (exact) mass is 256 g/mol. The summed E-state index contributed by atoms with van der Waals surface area (Å²) in [6.07, 6.45) is 8.30. The van der Waals surface area contributed by atoms with Gasteiger partial charge in [0.15, 0.2) is 0 Å². The van der Waals surface area contributed by atoms with Gasteiger partial charge in [-0.05, 0) is 24.8 Å². The van der Waals surface area contributed by atoms with Gasteiger partial charge in [0.05, 0.1) is 13.1 Å². The molecular weight excluding hydrogens is 236 g/mol. The van der Waals surface area contributed by atoms with Gasteiger partial charge in [-0.3, -0.25) is 10.1 Å². The molecule has 0 radical (unpaired) electrons. The van der Waals surface area contributed by atoms with E-state index in [1.165, 1.54) is 5.56 Å². The molecule has 19 heavy (non-hydrogen) atoms. The Morgan fingerprint density at radius 3 is 2.95 bits per heavy atom. The summed E-state index contributed by atoms with van der Waals surface area (Å²) in [5.41, 5.74) is 1.30. The summed E-state index contributed by atoms with van der Waals surface area (Å²) >= 11 is 0. The molecule has 0 aromatic heterocycles. The molecule has 100 valence electrons. The van der Waals surface area contributed by atoms with Gasteiger partial charge < -0.3 is 4.90 Å². The summed E-state index contributed by atoms with van der Waals surface area (Å²) in [4.78, 5) is 14.1. The van der Waals surface area contributed by atoms with Gasteiger partial charge in [-0.2, -0.15) is 0 Å². The van der Waals surface area contributed by atoms with Crippen molar-refractivity contribution in [2.24, 2.45) is 0 Å². The molecule has 3 heteroatoms. The van der Waals surface area contributed by atoms with Crippen molar-refractivity contribution in [3.63, 3.8) is 0 Å². The second-order valence-electron chi connectivity index (χ2n) is 4.88. The van der Waals surface area contributed by atoms with Crippen molar-refractivity contribution >= 4 is 5.91 Å². The largest absolute Gasteiger partial charge is 0.338 e. The first-order valence-electron chi connectivity index (χ1n) is 6.79. The number of terminal acetylenes is 1. The Balaban J connectivity index is 1.90.